The fraction of sp³-hybridized carbons (Fsp3) is 0.571. The van der Waals surface area contributed by atoms with Gasteiger partial charge in [-0.15, -0.1) is 0 Å². The summed E-state index contributed by atoms with van der Waals surface area (Å²) in [4.78, 5) is 38.1. The molecule has 0 rings (SSSR count). The molecule has 0 bridgehead atoms. The lowest BCUT2D eigenvalue weighted by Crippen LogP contribution is -2.30. The van der Waals surface area contributed by atoms with Crippen LogP contribution in [0.1, 0.15) is 265 Å². The third-order valence-electron chi connectivity index (χ3n) is 13.5. The van der Waals surface area contributed by atoms with Crippen LogP contribution < -0.4 is 0 Å². The number of carbonyl (C=O) groups is 3. The van der Waals surface area contributed by atoms with E-state index in [-0.39, 0.29) is 32.0 Å². The lowest BCUT2D eigenvalue weighted by Gasteiger charge is -2.17. The Kier molecular flexibility index (Phi) is 64.4. The van der Waals surface area contributed by atoms with Crippen molar-refractivity contribution >= 4 is 17.9 Å². The topological polar surface area (TPSA) is 78.9 Å². The van der Waals surface area contributed by atoms with Gasteiger partial charge in [0.15, 0.2) is 6.10 Å². The van der Waals surface area contributed by atoms with Crippen molar-refractivity contribution in [1.82, 2.24) is 0 Å². The molecule has 0 radical (unpaired) electrons. The van der Waals surface area contributed by atoms with Crippen LogP contribution in [-0.2, 0) is 28.6 Å². The number of unbranched alkanes of at least 4 members (excludes halogenated alkanes) is 19. The molecule has 0 N–H and O–H groups in total. The van der Waals surface area contributed by atoms with E-state index in [0.29, 0.717) is 19.3 Å². The van der Waals surface area contributed by atoms with Gasteiger partial charge < -0.3 is 14.2 Å². The zero-order chi connectivity index (χ0) is 59.9. The average Bonchev–Trinajstić information content (AvgIpc) is 3.49. The summed E-state index contributed by atoms with van der Waals surface area (Å²) in [5.74, 6) is -1.22. The maximum absolute atomic E-state index is 12.8. The van der Waals surface area contributed by atoms with E-state index in [9.17, 15) is 14.4 Å². The maximum Gasteiger partial charge on any atom is 0.310 e. The number of allylic oxidation sites excluding steroid dienone is 28. The van der Waals surface area contributed by atoms with Crippen LogP contribution in [0.15, 0.2) is 182 Å². The summed E-state index contributed by atoms with van der Waals surface area (Å²) in [6.45, 7) is 6.12. The molecule has 0 aromatic heterocycles. The lowest BCUT2D eigenvalue weighted by atomic mass is 10.0. The molecule has 0 aliphatic rings. The molecule has 0 amide bonds. The molecular weight excluding hydrogens is 1020 g/mol. The molecule has 0 fully saturated rings. The second-order valence-electron chi connectivity index (χ2n) is 21.3. The molecule has 6 nitrogen and oxygen atoms in total. The zero-order valence-electron chi connectivity index (χ0n) is 53.1. The summed E-state index contributed by atoms with van der Waals surface area (Å²) in [7, 11) is 0. The van der Waals surface area contributed by atoms with Crippen LogP contribution in [0.5, 0.6) is 0 Å². The molecule has 1 atom stereocenters. The highest BCUT2D eigenvalue weighted by Crippen LogP contribution is 2.16. The fourth-order valence-corrected chi connectivity index (χ4v) is 8.62. The van der Waals surface area contributed by atoms with Crippen molar-refractivity contribution in [3.63, 3.8) is 0 Å². The molecule has 0 saturated heterocycles. The Morgan fingerprint density at radius 2 is 0.482 bits per heavy atom. The number of hydrogen-bond donors (Lipinski definition) is 0. The van der Waals surface area contributed by atoms with Crippen molar-refractivity contribution in [2.75, 3.05) is 13.2 Å². The number of carbonyl (C=O) groups excluding carboxylic acids is 3. The Labute approximate surface area is 510 Å². The molecule has 0 spiro atoms. The summed E-state index contributed by atoms with van der Waals surface area (Å²) in [5.41, 5.74) is 0. The van der Waals surface area contributed by atoms with Crippen LogP contribution >= 0.6 is 0 Å². The monoisotopic (exact) mass is 1140 g/mol. The highest BCUT2D eigenvalue weighted by atomic mass is 16.6. The van der Waals surface area contributed by atoms with Gasteiger partial charge in [0.2, 0.25) is 0 Å². The van der Waals surface area contributed by atoms with E-state index in [1.807, 2.05) is 12.2 Å². The molecular formula is C77H120O6. The van der Waals surface area contributed by atoms with Gasteiger partial charge in [-0.3, -0.25) is 14.4 Å². The molecule has 0 saturated carbocycles. The van der Waals surface area contributed by atoms with E-state index in [0.717, 1.165) is 103 Å². The lowest BCUT2D eigenvalue weighted by molar-refractivity contribution is -0.166. The van der Waals surface area contributed by atoms with Gasteiger partial charge in [-0.05, 0) is 116 Å². The number of hydrogen-bond acceptors (Lipinski definition) is 6. The van der Waals surface area contributed by atoms with Crippen LogP contribution in [0.4, 0.5) is 0 Å². The Hall–Kier alpha value is -5.49. The van der Waals surface area contributed by atoms with Crippen molar-refractivity contribution in [1.29, 1.82) is 0 Å². The van der Waals surface area contributed by atoms with Crippen LogP contribution in [0, 0.1) is 0 Å². The van der Waals surface area contributed by atoms with Crippen LogP contribution in [0.3, 0.4) is 0 Å². The van der Waals surface area contributed by atoms with E-state index in [4.69, 9.17) is 14.2 Å². The predicted molar refractivity (Wildman–Crippen MR) is 361 cm³/mol. The highest BCUT2D eigenvalue weighted by molar-refractivity contribution is 5.72. The summed E-state index contributed by atoms with van der Waals surface area (Å²) >= 11 is 0. The average molecular weight is 1140 g/mol. The van der Waals surface area contributed by atoms with Gasteiger partial charge in [0.1, 0.15) is 13.2 Å². The predicted octanol–water partition coefficient (Wildman–Crippen LogP) is 23.2. The molecule has 83 heavy (non-hydrogen) atoms. The molecule has 0 aliphatic heterocycles. The van der Waals surface area contributed by atoms with Crippen molar-refractivity contribution in [2.24, 2.45) is 0 Å². The first-order valence-electron chi connectivity index (χ1n) is 33.3. The van der Waals surface area contributed by atoms with E-state index in [1.54, 1.807) is 12.2 Å². The molecule has 0 aliphatic carbocycles. The van der Waals surface area contributed by atoms with E-state index in [1.165, 1.54) is 109 Å². The van der Waals surface area contributed by atoms with Crippen molar-refractivity contribution in [3.05, 3.63) is 182 Å². The molecule has 0 aromatic rings. The Balaban J connectivity index is 4.28. The molecule has 6 heteroatoms. The van der Waals surface area contributed by atoms with Crippen LogP contribution in [0.25, 0.3) is 0 Å². The third kappa shape index (κ3) is 67.2. The standard InChI is InChI=1S/C77H120O6/c1-4-7-10-13-16-19-22-25-28-29-30-31-32-33-34-35-36-37-38-39-40-41-42-43-44-45-46-47-50-52-55-58-61-64-67-70-76(79)82-73-74(83-77(80)71-68-65-62-59-56-53-49-27-24-21-18-15-12-9-6-3)72-81-75(78)69-66-63-60-57-54-51-48-26-23-20-17-14-11-8-5-2/h7-12,16-21,25-28,30-31,33-34,48-49,54,56-57,59,63,65-66,68,74H,4-6,13-15,22-24,29,32,35-47,50-53,55,58,60-62,64,67,69-73H2,1-3H3/b10-7-,11-8-,12-9-,19-16-,20-17-,21-18-,28-25-,31-30-,34-33-,48-26-,49-27-,57-54-,59-56-,66-63-,68-65-. The van der Waals surface area contributed by atoms with Crippen molar-refractivity contribution in [3.8, 4) is 0 Å². The normalized spacial score (nSPS) is 13.3. The van der Waals surface area contributed by atoms with Gasteiger partial charge in [-0.25, -0.2) is 0 Å². The van der Waals surface area contributed by atoms with E-state index < -0.39 is 18.0 Å². The minimum atomic E-state index is -0.881. The van der Waals surface area contributed by atoms with Gasteiger partial charge >= 0.3 is 17.9 Å². The smallest absolute Gasteiger partial charge is 0.310 e. The molecule has 464 valence electrons. The number of esters is 3. The highest BCUT2D eigenvalue weighted by Gasteiger charge is 2.19. The van der Waals surface area contributed by atoms with Gasteiger partial charge in [-0.2, -0.15) is 0 Å². The first-order chi connectivity index (χ1) is 41.0. The minimum Gasteiger partial charge on any atom is -0.462 e. The quantitative estimate of drug-likeness (QED) is 0.0261. The first kappa shape index (κ1) is 77.5. The van der Waals surface area contributed by atoms with Gasteiger partial charge in [0.25, 0.3) is 0 Å². The second-order valence-corrected chi connectivity index (χ2v) is 21.3. The van der Waals surface area contributed by atoms with Crippen molar-refractivity contribution < 1.29 is 28.6 Å². The first-order valence-corrected chi connectivity index (χ1v) is 33.3. The van der Waals surface area contributed by atoms with E-state index >= 15 is 0 Å². The Bertz CT molecular complexity index is 1940. The zero-order valence-corrected chi connectivity index (χ0v) is 53.1. The Morgan fingerprint density at radius 1 is 0.253 bits per heavy atom. The minimum absolute atomic E-state index is 0.0709. The summed E-state index contributed by atoms with van der Waals surface area (Å²) < 4.78 is 16.7. The van der Waals surface area contributed by atoms with Crippen molar-refractivity contribution in [2.45, 2.75) is 271 Å². The molecule has 0 aromatic carbocycles. The fourth-order valence-electron chi connectivity index (χ4n) is 8.62. The number of ether oxygens (including phenoxy) is 3. The third-order valence-corrected chi connectivity index (χ3v) is 13.5. The largest absolute Gasteiger partial charge is 0.462 e. The summed E-state index contributed by atoms with van der Waals surface area (Å²) in [6.07, 6.45) is 104. The van der Waals surface area contributed by atoms with Gasteiger partial charge in [0.05, 0.1) is 12.8 Å². The summed E-state index contributed by atoms with van der Waals surface area (Å²) in [6, 6.07) is 0. The van der Waals surface area contributed by atoms with E-state index in [2.05, 4.69) is 179 Å². The molecule has 1 unspecified atom stereocenters. The van der Waals surface area contributed by atoms with Gasteiger partial charge in [0, 0.05) is 6.42 Å². The van der Waals surface area contributed by atoms with Crippen LogP contribution in [-0.4, -0.2) is 37.2 Å². The van der Waals surface area contributed by atoms with Crippen LogP contribution in [0.2, 0.25) is 0 Å². The SMILES string of the molecule is CC/C=C\C/C=C\C/C=C\C/C=C\C/C=C\CCCCCCCCCCCCCCCCCCCCCC(=O)OCC(COC(=O)C/C=C\C/C=C\C/C=C\C/C=C\C/C=C\CC)OC(=O)C/C=C\C/C=C\C/C=C\C/C=C\C/C=C\CC. The van der Waals surface area contributed by atoms with Gasteiger partial charge in [-0.1, -0.05) is 312 Å². The molecule has 0 heterocycles. The number of rotatable bonds is 58. The Morgan fingerprint density at radius 3 is 0.783 bits per heavy atom. The maximum atomic E-state index is 12.8. The second kappa shape index (κ2) is 69.0. The summed E-state index contributed by atoms with van der Waals surface area (Å²) in [5, 5.41) is 0.